The van der Waals surface area contributed by atoms with E-state index in [1.807, 2.05) is 0 Å². The lowest BCUT2D eigenvalue weighted by atomic mass is 9.95. The number of nitrogens with two attached hydrogens (primary N) is 1. The lowest BCUT2D eigenvalue weighted by molar-refractivity contribution is 0.100. The smallest absolute Gasteiger partial charge is 0.0714 e. The van der Waals surface area contributed by atoms with Gasteiger partial charge in [0.05, 0.1) is 6.04 Å². The SMILES string of the molecule is C#CC(CC)N1C2CCC1CC(N)C2. The zero-order valence-corrected chi connectivity index (χ0v) is 8.95. The van der Waals surface area contributed by atoms with Gasteiger partial charge in [0.2, 0.25) is 0 Å². The van der Waals surface area contributed by atoms with Crippen molar-refractivity contribution in [1.82, 2.24) is 4.90 Å². The monoisotopic (exact) mass is 192 g/mol. The molecule has 0 aromatic rings. The predicted molar refractivity (Wildman–Crippen MR) is 58.8 cm³/mol. The summed E-state index contributed by atoms with van der Waals surface area (Å²) in [6, 6.07) is 2.11. The molecular weight excluding hydrogens is 172 g/mol. The van der Waals surface area contributed by atoms with Crippen LogP contribution in [0.15, 0.2) is 0 Å². The van der Waals surface area contributed by atoms with Crippen LogP contribution in [0.1, 0.15) is 39.0 Å². The maximum absolute atomic E-state index is 6.02. The third kappa shape index (κ3) is 1.55. The quantitative estimate of drug-likeness (QED) is 0.669. The summed E-state index contributed by atoms with van der Waals surface area (Å²) < 4.78 is 0. The average Bonchev–Trinajstić information content (AvgIpc) is 2.45. The molecule has 2 heteroatoms. The third-order valence-electron chi connectivity index (χ3n) is 3.77. The van der Waals surface area contributed by atoms with Gasteiger partial charge in [0.25, 0.3) is 0 Å². The van der Waals surface area contributed by atoms with Crippen molar-refractivity contribution in [1.29, 1.82) is 0 Å². The molecular formula is C12H20N2. The zero-order valence-electron chi connectivity index (χ0n) is 8.95. The average molecular weight is 192 g/mol. The summed E-state index contributed by atoms with van der Waals surface area (Å²) in [6.45, 7) is 2.18. The molecule has 0 aliphatic carbocycles. The zero-order chi connectivity index (χ0) is 10.1. The third-order valence-corrected chi connectivity index (χ3v) is 3.77. The van der Waals surface area contributed by atoms with Crippen molar-refractivity contribution in [2.75, 3.05) is 0 Å². The number of nitrogens with zero attached hydrogens (tertiary/aromatic N) is 1. The summed E-state index contributed by atoms with van der Waals surface area (Å²) in [6.07, 6.45) is 11.5. The summed E-state index contributed by atoms with van der Waals surface area (Å²) in [5, 5.41) is 0. The summed E-state index contributed by atoms with van der Waals surface area (Å²) in [4.78, 5) is 2.56. The van der Waals surface area contributed by atoms with Crippen LogP contribution < -0.4 is 5.73 Å². The van der Waals surface area contributed by atoms with Crippen LogP contribution in [-0.2, 0) is 0 Å². The van der Waals surface area contributed by atoms with Crippen molar-refractivity contribution in [2.45, 2.75) is 63.2 Å². The van der Waals surface area contributed by atoms with Crippen LogP contribution in [0.2, 0.25) is 0 Å². The highest BCUT2D eigenvalue weighted by Gasteiger charge is 2.41. The van der Waals surface area contributed by atoms with Gasteiger partial charge in [-0.3, -0.25) is 4.90 Å². The van der Waals surface area contributed by atoms with Gasteiger partial charge >= 0.3 is 0 Å². The van der Waals surface area contributed by atoms with Crippen LogP contribution in [0.3, 0.4) is 0 Å². The number of fused-ring (bicyclic) bond motifs is 2. The molecule has 0 saturated carbocycles. The Morgan fingerprint density at radius 3 is 2.43 bits per heavy atom. The fourth-order valence-corrected chi connectivity index (χ4v) is 3.18. The minimum atomic E-state index is 0.347. The second kappa shape index (κ2) is 3.92. The largest absolute Gasteiger partial charge is 0.328 e. The van der Waals surface area contributed by atoms with E-state index in [0.29, 0.717) is 24.2 Å². The molecule has 78 valence electrons. The molecule has 2 bridgehead atoms. The van der Waals surface area contributed by atoms with Gasteiger partial charge in [-0.1, -0.05) is 12.8 Å². The van der Waals surface area contributed by atoms with Gasteiger partial charge in [-0.2, -0.15) is 0 Å². The first kappa shape index (κ1) is 10.0. The van der Waals surface area contributed by atoms with Gasteiger partial charge in [0.1, 0.15) is 0 Å². The summed E-state index contributed by atoms with van der Waals surface area (Å²) in [5.41, 5.74) is 6.02. The molecule has 0 spiro atoms. The second-order valence-electron chi connectivity index (χ2n) is 4.65. The molecule has 2 heterocycles. The molecule has 0 aromatic heterocycles. The van der Waals surface area contributed by atoms with Crippen LogP contribution >= 0.6 is 0 Å². The van der Waals surface area contributed by atoms with Crippen molar-refractivity contribution in [3.8, 4) is 12.3 Å². The minimum Gasteiger partial charge on any atom is -0.328 e. The van der Waals surface area contributed by atoms with E-state index in [9.17, 15) is 0 Å². The first-order valence-corrected chi connectivity index (χ1v) is 5.75. The van der Waals surface area contributed by atoms with E-state index < -0.39 is 0 Å². The van der Waals surface area contributed by atoms with Gasteiger partial charge in [0.15, 0.2) is 0 Å². The van der Waals surface area contributed by atoms with Crippen molar-refractivity contribution in [2.24, 2.45) is 5.73 Å². The fraction of sp³-hybridized carbons (Fsp3) is 0.833. The second-order valence-corrected chi connectivity index (χ2v) is 4.65. The molecule has 2 nitrogen and oxygen atoms in total. The van der Waals surface area contributed by atoms with Crippen LogP contribution in [0.25, 0.3) is 0 Å². The Balaban J connectivity index is 2.11. The molecule has 0 radical (unpaired) electrons. The van der Waals surface area contributed by atoms with Crippen LogP contribution in [0, 0.1) is 12.3 Å². The molecule has 0 amide bonds. The van der Waals surface area contributed by atoms with E-state index >= 15 is 0 Å². The first-order chi connectivity index (χ1) is 6.76. The van der Waals surface area contributed by atoms with Crippen molar-refractivity contribution < 1.29 is 0 Å². The number of rotatable bonds is 2. The first-order valence-electron chi connectivity index (χ1n) is 5.75. The molecule has 2 fully saturated rings. The standard InChI is InChI=1S/C12H20N2/c1-3-10(4-2)14-11-5-6-12(14)8-9(13)7-11/h1,9-12H,4-8,13H2,2H3. The normalized spacial score (nSPS) is 39.4. The summed E-state index contributed by atoms with van der Waals surface area (Å²) >= 11 is 0. The topological polar surface area (TPSA) is 29.3 Å². The Hall–Kier alpha value is -0.520. The van der Waals surface area contributed by atoms with Crippen molar-refractivity contribution >= 4 is 0 Å². The molecule has 3 unspecified atom stereocenters. The van der Waals surface area contributed by atoms with Crippen molar-refractivity contribution in [3.63, 3.8) is 0 Å². The molecule has 2 saturated heterocycles. The van der Waals surface area contributed by atoms with Gasteiger partial charge in [-0.05, 0) is 32.1 Å². The lowest BCUT2D eigenvalue weighted by Gasteiger charge is -2.40. The molecule has 2 N–H and O–H groups in total. The van der Waals surface area contributed by atoms with Crippen LogP contribution in [-0.4, -0.2) is 29.1 Å². The summed E-state index contributed by atoms with van der Waals surface area (Å²) in [7, 11) is 0. The molecule has 14 heavy (non-hydrogen) atoms. The predicted octanol–water partition coefficient (Wildman–Crippen LogP) is 1.35. The Bertz CT molecular complexity index is 229. The van der Waals surface area contributed by atoms with E-state index in [1.54, 1.807) is 0 Å². The number of piperidine rings is 1. The highest BCUT2D eigenvalue weighted by atomic mass is 15.2. The number of terminal acetylenes is 1. The van der Waals surface area contributed by atoms with Crippen molar-refractivity contribution in [3.05, 3.63) is 0 Å². The van der Waals surface area contributed by atoms with E-state index in [-0.39, 0.29) is 0 Å². The van der Waals surface area contributed by atoms with Gasteiger partial charge in [-0.25, -0.2) is 0 Å². The van der Waals surface area contributed by atoms with Crippen LogP contribution in [0.4, 0.5) is 0 Å². The van der Waals surface area contributed by atoms with Gasteiger partial charge in [-0.15, -0.1) is 6.42 Å². The van der Waals surface area contributed by atoms with E-state index in [2.05, 4.69) is 17.7 Å². The lowest BCUT2D eigenvalue weighted by Crippen LogP contribution is -2.51. The number of hydrogen-bond acceptors (Lipinski definition) is 2. The highest BCUT2D eigenvalue weighted by Crippen LogP contribution is 2.36. The molecule has 2 aliphatic rings. The fourth-order valence-electron chi connectivity index (χ4n) is 3.18. The Morgan fingerprint density at radius 2 is 2.00 bits per heavy atom. The van der Waals surface area contributed by atoms with Crippen LogP contribution in [0.5, 0.6) is 0 Å². The van der Waals surface area contributed by atoms with Gasteiger partial charge in [0, 0.05) is 18.1 Å². The van der Waals surface area contributed by atoms with E-state index in [1.165, 1.54) is 12.8 Å². The minimum absolute atomic E-state index is 0.347. The highest BCUT2D eigenvalue weighted by molar-refractivity contribution is 5.07. The van der Waals surface area contributed by atoms with E-state index in [0.717, 1.165) is 19.3 Å². The molecule has 3 atom stereocenters. The Morgan fingerprint density at radius 1 is 1.43 bits per heavy atom. The molecule has 0 aromatic carbocycles. The molecule has 2 aliphatic heterocycles. The Kier molecular flexibility index (Phi) is 2.80. The van der Waals surface area contributed by atoms with E-state index in [4.69, 9.17) is 12.2 Å². The molecule has 2 rings (SSSR count). The maximum Gasteiger partial charge on any atom is 0.0714 e. The summed E-state index contributed by atoms with van der Waals surface area (Å²) in [5.74, 6) is 2.92. The Labute approximate surface area is 86.8 Å². The van der Waals surface area contributed by atoms with Gasteiger partial charge < -0.3 is 5.73 Å². The maximum atomic E-state index is 6.02. The number of hydrogen-bond donors (Lipinski definition) is 1.